The van der Waals surface area contributed by atoms with Gasteiger partial charge in [0, 0.05) is 32.5 Å². The Labute approximate surface area is 146 Å². The largest absolute Gasteiger partial charge is 0.356 e. The summed E-state index contributed by atoms with van der Waals surface area (Å²) in [6.45, 7) is 10.3. The van der Waals surface area contributed by atoms with Gasteiger partial charge >= 0.3 is 0 Å². The summed E-state index contributed by atoms with van der Waals surface area (Å²) in [6, 6.07) is 0. The second-order valence-electron chi connectivity index (χ2n) is 6.63. The van der Waals surface area contributed by atoms with Crippen LogP contribution in [-0.4, -0.2) is 36.2 Å². The van der Waals surface area contributed by atoms with Gasteiger partial charge in [0.2, 0.25) is 5.89 Å². The molecule has 1 aromatic rings. The average Bonchev–Trinajstić information content (AvgIpc) is 3.04. The highest BCUT2D eigenvalue weighted by Crippen LogP contribution is 2.13. The maximum absolute atomic E-state index is 5.25. The Hall–Kier alpha value is -1.59. The maximum atomic E-state index is 5.25. The summed E-state index contributed by atoms with van der Waals surface area (Å²) in [5.74, 6) is 3.30. The molecule has 0 bridgehead atoms. The van der Waals surface area contributed by atoms with Crippen LogP contribution in [0.25, 0.3) is 0 Å². The van der Waals surface area contributed by atoms with Gasteiger partial charge in [-0.15, -0.1) is 0 Å². The lowest BCUT2D eigenvalue weighted by Gasteiger charge is -2.18. The highest BCUT2D eigenvalue weighted by atomic mass is 16.5. The number of hydrogen-bond acceptors (Lipinski definition) is 4. The van der Waals surface area contributed by atoms with Crippen LogP contribution < -0.4 is 10.6 Å². The number of nitrogens with zero attached hydrogens (tertiary/aromatic N) is 3. The van der Waals surface area contributed by atoms with E-state index < -0.39 is 0 Å². The van der Waals surface area contributed by atoms with Gasteiger partial charge in [0.05, 0.1) is 0 Å². The summed E-state index contributed by atoms with van der Waals surface area (Å²) in [7, 11) is 1.81. The third kappa shape index (κ3) is 7.79. The van der Waals surface area contributed by atoms with E-state index in [0.29, 0.717) is 18.2 Å². The SMILES string of the molecule is CCCCC(CCC)CNC(=NC)NCCc1nc(C(C)C)no1. The van der Waals surface area contributed by atoms with E-state index in [2.05, 4.69) is 53.5 Å². The molecule has 0 amide bonds. The molecule has 0 radical (unpaired) electrons. The van der Waals surface area contributed by atoms with E-state index in [1.807, 2.05) is 0 Å². The van der Waals surface area contributed by atoms with Crippen LogP contribution in [0.1, 0.15) is 77.4 Å². The minimum atomic E-state index is 0.295. The summed E-state index contributed by atoms with van der Waals surface area (Å²) in [5.41, 5.74) is 0. The number of hydrogen-bond donors (Lipinski definition) is 2. The van der Waals surface area contributed by atoms with E-state index in [9.17, 15) is 0 Å². The molecule has 0 saturated heterocycles. The first kappa shape index (κ1) is 20.5. The lowest BCUT2D eigenvalue weighted by atomic mass is 9.97. The lowest BCUT2D eigenvalue weighted by molar-refractivity contribution is 0.371. The molecule has 1 unspecified atom stereocenters. The topological polar surface area (TPSA) is 75.3 Å². The molecule has 138 valence electrons. The molecule has 0 saturated carbocycles. The molecule has 2 N–H and O–H groups in total. The van der Waals surface area contributed by atoms with E-state index in [1.54, 1.807) is 7.05 Å². The average molecular weight is 338 g/mol. The quantitative estimate of drug-likeness (QED) is 0.477. The molecule has 24 heavy (non-hydrogen) atoms. The number of aliphatic imine (C=N–C) groups is 1. The van der Waals surface area contributed by atoms with Crippen LogP contribution in [0, 0.1) is 5.92 Å². The van der Waals surface area contributed by atoms with Crippen molar-refractivity contribution in [1.82, 2.24) is 20.8 Å². The van der Waals surface area contributed by atoms with Crippen LogP contribution in [0.4, 0.5) is 0 Å². The highest BCUT2D eigenvalue weighted by Gasteiger charge is 2.10. The summed E-state index contributed by atoms with van der Waals surface area (Å²) in [4.78, 5) is 8.68. The lowest BCUT2D eigenvalue weighted by Crippen LogP contribution is -2.40. The fourth-order valence-corrected chi connectivity index (χ4v) is 2.60. The zero-order chi connectivity index (χ0) is 17.8. The van der Waals surface area contributed by atoms with Crippen molar-refractivity contribution in [2.45, 2.75) is 72.1 Å². The standard InChI is InChI=1S/C18H35N5O/c1-6-8-10-15(9-7-2)13-21-18(19-5)20-12-11-16-22-17(14(3)4)23-24-16/h14-15H,6-13H2,1-5H3,(H2,19,20,21). The van der Waals surface area contributed by atoms with Crippen LogP contribution in [0.3, 0.4) is 0 Å². The molecule has 0 aliphatic heterocycles. The van der Waals surface area contributed by atoms with Crippen molar-refractivity contribution in [2.75, 3.05) is 20.1 Å². The van der Waals surface area contributed by atoms with Crippen molar-refractivity contribution in [3.8, 4) is 0 Å². The van der Waals surface area contributed by atoms with E-state index in [-0.39, 0.29) is 0 Å². The van der Waals surface area contributed by atoms with Crippen molar-refractivity contribution in [2.24, 2.45) is 10.9 Å². The first-order valence-electron chi connectivity index (χ1n) is 9.37. The summed E-state index contributed by atoms with van der Waals surface area (Å²) in [6.07, 6.45) is 7.05. The van der Waals surface area contributed by atoms with Crippen molar-refractivity contribution in [3.63, 3.8) is 0 Å². The summed E-state index contributed by atoms with van der Waals surface area (Å²) in [5, 5.41) is 10.7. The number of aromatic nitrogens is 2. The Morgan fingerprint density at radius 3 is 2.54 bits per heavy atom. The van der Waals surface area contributed by atoms with Crippen LogP contribution >= 0.6 is 0 Å². The fourth-order valence-electron chi connectivity index (χ4n) is 2.60. The van der Waals surface area contributed by atoms with E-state index >= 15 is 0 Å². The number of nitrogens with one attached hydrogen (secondary N) is 2. The molecule has 0 aromatic carbocycles. The van der Waals surface area contributed by atoms with Crippen molar-refractivity contribution >= 4 is 5.96 Å². The van der Waals surface area contributed by atoms with Crippen LogP contribution in [0.15, 0.2) is 9.52 Å². The van der Waals surface area contributed by atoms with Gasteiger partial charge in [-0.1, -0.05) is 52.1 Å². The van der Waals surface area contributed by atoms with Gasteiger partial charge in [-0.2, -0.15) is 4.98 Å². The molecular formula is C18H35N5O. The minimum absolute atomic E-state index is 0.295. The molecule has 1 heterocycles. The molecule has 1 atom stereocenters. The number of unbranched alkanes of at least 4 members (excludes halogenated alkanes) is 1. The first-order valence-corrected chi connectivity index (χ1v) is 9.37. The Balaban J connectivity index is 2.33. The van der Waals surface area contributed by atoms with E-state index in [0.717, 1.165) is 30.8 Å². The summed E-state index contributed by atoms with van der Waals surface area (Å²) < 4.78 is 5.25. The second kappa shape index (κ2) is 11.9. The van der Waals surface area contributed by atoms with Gasteiger partial charge in [-0.25, -0.2) is 0 Å². The third-order valence-electron chi connectivity index (χ3n) is 4.08. The molecule has 0 aliphatic carbocycles. The fraction of sp³-hybridized carbons (Fsp3) is 0.833. The van der Waals surface area contributed by atoms with Crippen LogP contribution in [-0.2, 0) is 6.42 Å². The zero-order valence-electron chi connectivity index (χ0n) is 16.1. The highest BCUT2D eigenvalue weighted by molar-refractivity contribution is 5.79. The Morgan fingerprint density at radius 2 is 1.96 bits per heavy atom. The van der Waals surface area contributed by atoms with Gasteiger partial charge in [-0.05, 0) is 18.8 Å². The van der Waals surface area contributed by atoms with E-state index in [4.69, 9.17) is 4.52 Å². The summed E-state index contributed by atoms with van der Waals surface area (Å²) >= 11 is 0. The minimum Gasteiger partial charge on any atom is -0.356 e. The first-order chi connectivity index (χ1) is 11.6. The van der Waals surface area contributed by atoms with Crippen LogP contribution in [0.5, 0.6) is 0 Å². The van der Waals surface area contributed by atoms with Gasteiger partial charge < -0.3 is 15.2 Å². The molecule has 0 aliphatic rings. The smallest absolute Gasteiger partial charge is 0.228 e. The molecule has 6 heteroatoms. The number of guanidine groups is 1. The van der Waals surface area contributed by atoms with E-state index in [1.165, 1.54) is 32.1 Å². The van der Waals surface area contributed by atoms with Gasteiger partial charge in [0.25, 0.3) is 0 Å². The molecule has 6 nitrogen and oxygen atoms in total. The predicted molar refractivity (Wildman–Crippen MR) is 99.4 cm³/mol. The third-order valence-corrected chi connectivity index (χ3v) is 4.08. The predicted octanol–water partition coefficient (Wildman–Crippen LogP) is 3.51. The van der Waals surface area contributed by atoms with Crippen LogP contribution in [0.2, 0.25) is 0 Å². The van der Waals surface area contributed by atoms with Gasteiger partial charge in [-0.3, -0.25) is 4.99 Å². The van der Waals surface area contributed by atoms with Gasteiger partial charge in [0.15, 0.2) is 11.8 Å². The molecular weight excluding hydrogens is 302 g/mol. The monoisotopic (exact) mass is 337 g/mol. The Kier molecular flexibility index (Phi) is 10.1. The molecule has 1 rings (SSSR count). The number of rotatable bonds is 11. The second-order valence-corrected chi connectivity index (χ2v) is 6.63. The Morgan fingerprint density at radius 1 is 1.17 bits per heavy atom. The van der Waals surface area contributed by atoms with Gasteiger partial charge in [0.1, 0.15) is 0 Å². The Bertz CT molecular complexity index is 470. The van der Waals surface area contributed by atoms with Crippen molar-refractivity contribution in [1.29, 1.82) is 0 Å². The zero-order valence-corrected chi connectivity index (χ0v) is 16.1. The maximum Gasteiger partial charge on any atom is 0.228 e. The normalized spacial score (nSPS) is 13.3. The molecule has 1 aromatic heterocycles. The molecule has 0 spiro atoms. The van der Waals surface area contributed by atoms with Crippen molar-refractivity contribution < 1.29 is 4.52 Å². The van der Waals surface area contributed by atoms with Crippen molar-refractivity contribution in [3.05, 3.63) is 11.7 Å². The molecule has 0 fully saturated rings.